The quantitative estimate of drug-likeness (QED) is 0.380. The largest absolute Gasteiger partial charge is 0.339 e. The maximum Gasteiger partial charge on any atom is 0.227 e. The Balaban J connectivity index is 1.26. The van der Waals surface area contributed by atoms with Crippen molar-refractivity contribution in [3.8, 4) is 11.4 Å². The van der Waals surface area contributed by atoms with Crippen molar-refractivity contribution >= 4 is 23.4 Å². The Hall–Kier alpha value is -3.53. The Kier molecular flexibility index (Phi) is 6.60. The first-order valence-electron chi connectivity index (χ1n) is 9.96. The molecule has 2 aromatic heterocycles. The zero-order valence-corrected chi connectivity index (χ0v) is 18.4. The lowest BCUT2D eigenvalue weighted by molar-refractivity contribution is -0.116. The van der Waals surface area contributed by atoms with Gasteiger partial charge in [-0.25, -0.2) is 9.37 Å². The molecule has 4 rings (SSSR count). The third-order valence-electron chi connectivity index (χ3n) is 4.63. The topological polar surface area (TPSA) is 110 Å². The zero-order chi connectivity index (χ0) is 22.5. The van der Waals surface area contributed by atoms with E-state index in [2.05, 4.69) is 30.6 Å². The van der Waals surface area contributed by atoms with Crippen molar-refractivity contribution in [1.29, 1.82) is 0 Å². The molecule has 0 saturated heterocycles. The Morgan fingerprint density at radius 3 is 2.88 bits per heavy atom. The smallest absolute Gasteiger partial charge is 0.227 e. The summed E-state index contributed by atoms with van der Waals surface area (Å²) in [5.41, 5.74) is 3.58. The average molecular weight is 453 g/mol. The summed E-state index contributed by atoms with van der Waals surface area (Å²) in [5.74, 6) is 1.31. The van der Waals surface area contributed by atoms with Gasteiger partial charge in [-0.05, 0) is 37.6 Å². The number of carbonyl (C=O) groups is 1. The molecule has 0 bridgehead atoms. The van der Waals surface area contributed by atoms with Gasteiger partial charge in [0.25, 0.3) is 0 Å². The molecule has 32 heavy (non-hydrogen) atoms. The van der Waals surface area contributed by atoms with Crippen LogP contribution >= 0.6 is 11.8 Å². The van der Waals surface area contributed by atoms with E-state index in [0.29, 0.717) is 40.4 Å². The predicted octanol–water partition coefficient (Wildman–Crippen LogP) is 4.47. The van der Waals surface area contributed by atoms with Gasteiger partial charge in [0.2, 0.25) is 17.0 Å². The fraction of sp³-hybridized carbons (Fsp3) is 0.227. The number of aryl methyl sites for hydroxylation is 3. The third-order valence-corrected chi connectivity index (χ3v) is 5.47. The Morgan fingerprint density at radius 2 is 2.06 bits per heavy atom. The van der Waals surface area contributed by atoms with Crippen LogP contribution in [0.5, 0.6) is 0 Å². The van der Waals surface area contributed by atoms with Crippen LogP contribution in [0.2, 0.25) is 0 Å². The summed E-state index contributed by atoms with van der Waals surface area (Å²) in [6.07, 6.45) is 0.582. The van der Waals surface area contributed by atoms with E-state index in [4.69, 9.17) is 4.52 Å². The second-order valence-electron chi connectivity index (χ2n) is 7.24. The van der Waals surface area contributed by atoms with Crippen molar-refractivity contribution in [2.45, 2.75) is 37.6 Å². The summed E-state index contributed by atoms with van der Waals surface area (Å²) in [6, 6.07) is 12.0. The fourth-order valence-electron chi connectivity index (χ4n) is 3.04. The molecule has 164 valence electrons. The van der Waals surface area contributed by atoms with Crippen molar-refractivity contribution in [3.05, 3.63) is 71.1 Å². The number of H-pyrrole nitrogens is 1. The maximum atomic E-state index is 13.4. The second-order valence-corrected chi connectivity index (χ2v) is 8.18. The first-order valence-corrected chi connectivity index (χ1v) is 10.9. The molecule has 0 fully saturated rings. The number of nitrogens with zero attached hydrogens (tertiary/aromatic N) is 4. The minimum absolute atomic E-state index is 0.114. The molecule has 10 heteroatoms. The molecule has 2 aromatic carbocycles. The molecule has 0 aliphatic carbocycles. The van der Waals surface area contributed by atoms with Crippen LogP contribution in [0.4, 0.5) is 10.1 Å². The van der Waals surface area contributed by atoms with Crippen LogP contribution < -0.4 is 5.32 Å². The van der Waals surface area contributed by atoms with E-state index < -0.39 is 0 Å². The number of hydrogen-bond acceptors (Lipinski definition) is 7. The molecule has 0 saturated carbocycles. The monoisotopic (exact) mass is 452 g/mol. The van der Waals surface area contributed by atoms with Gasteiger partial charge in [-0.15, -0.1) is 5.10 Å². The van der Waals surface area contributed by atoms with E-state index in [-0.39, 0.29) is 18.1 Å². The van der Waals surface area contributed by atoms with Gasteiger partial charge in [0.1, 0.15) is 5.82 Å². The van der Waals surface area contributed by atoms with Gasteiger partial charge >= 0.3 is 0 Å². The predicted molar refractivity (Wildman–Crippen MR) is 119 cm³/mol. The molecule has 4 aromatic rings. The molecule has 0 atom stereocenters. The summed E-state index contributed by atoms with van der Waals surface area (Å²) < 4.78 is 18.6. The van der Waals surface area contributed by atoms with Crippen LogP contribution in [0.15, 0.2) is 52.1 Å². The Morgan fingerprint density at radius 1 is 1.19 bits per heavy atom. The van der Waals surface area contributed by atoms with Crippen molar-refractivity contribution in [1.82, 2.24) is 25.3 Å². The van der Waals surface area contributed by atoms with Crippen LogP contribution in [-0.4, -0.2) is 31.2 Å². The van der Waals surface area contributed by atoms with Gasteiger partial charge in [-0.1, -0.05) is 46.7 Å². The lowest BCUT2D eigenvalue weighted by Gasteiger charge is -2.08. The highest BCUT2D eigenvalue weighted by Gasteiger charge is 2.13. The van der Waals surface area contributed by atoms with Crippen LogP contribution in [0.3, 0.4) is 0 Å². The standard InChI is InChI=1S/C22H21FN6O2S/c1-13-6-7-17(14(2)10-13)24-19(30)8-9-20-25-18(29-31-20)12-32-22-26-21(27-28-22)15-4-3-5-16(23)11-15/h3-7,10-11H,8-9,12H2,1-2H3,(H,24,30)(H,26,27,28). The highest BCUT2D eigenvalue weighted by molar-refractivity contribution is 7.98. The number of anilines is 1. The molecular formula is C22H21FN6O2S. The highest BCUT2D eigenvalue weighted by Crippen LogP contribution is 2.22. The lowest BCUT2D eigenvalue weighted by Crippen LogP contribution is -2.13. The van der Waals surface area contributed by atoms with E-state index in [0.717, 1.165) is 16.8 Å². The maximum absolute atomic E-state index is 13.4. The highest BCUT2D eigenvalue weighted by atomic mass is 32.2. The van der Waals surface area contributed by atoms with Gasteiger partial charge in [0.15, 0.2) is 11.6 Å². The number of amides is 1. The molecule has 0 aliphatic rings. The number of halogens is 1. The van der Waals surface area contributed by atoms with Crippen LogP contribution in [0, 0.1) is 19.7 Å². The molecule has 0 unspecified atom stereocenters. The van der Waals surface area contributed by atoms with E-state index in [1.807, 2.05) is 32.0 Å². The van der Waals surface area contributed by atoms with Gasteiger partial charge < -0.3 is 9.84 Å². The van der Waals surface area contributed by atoms with Crippen LogP contribution in [-0.2, 0) is 17.0 Å². The van der Waals surface area contributed by atoms with Gasteiger partial charge in [0, 0.05) is 24.1 Å². The summed E-state index contributed by atoms with van der Waals surface area (Å²) >= 11 is 1.32. The zero-order valence-electron chi connectivity index (χ0n) is 17.6. The summed E-state index contributed by atoms with van der Waals surface area (Å²) in [4.78, 5) is 20.9. The normalized spacial score (nSPS) is 11.0. The van der Waals surface area contributed by atoms with Gasteiger partial charge in [-0.3, -0.25) is 9.89 Å². The number of hydrogen-bond donors (Lipinski definition) is 2. The van der Waals surface area contributed by atoms with Crippen LogP contribution in [0.25, 0.3) is 11.4 Å². The summed E-state index contributed by atoms with van der Waals surface area (Å²) in [6.45, 7) is 3.97. The van der Waals surface area contributed by atoms with Crippen molar-refractivity contribution < 1.29 is 13.7 Å². The third kappa shape index (κ3) is 5.58. The molecule has 1 amide bonds. The summed E-state index contributed by atoms with van der Waals surface area (Å²) in [5, 5.41) is 14.2. The minimum atomic E-state index is -0.338. The summed E-state index contributed by atoms with van der Waals surface area (Å²) in [7, 11) is 0. The minimum Gasteiger partial charge on any atom is -0.339 e. The molecule has 0 aliphatic heterocycles. The Bertz CT molecular complexity index is 1240. The molecule has 8 nitrogen and oxygen atoms in total. The van der Waals surface area contributed by atoms with Crippen molar-refractivity contribution in [3.63, 3.8) is 0 Å². The number of benzene rings is 2. The Labute approximate surface area is 188 Å². The lowest BCUT2D eigenvalue weighted by atomic mass is 10.1. The molecule has 2 N–H and O–H groups in total. The first-order chi connectivity index (χ1) is 15.5. The number of aromatic nitrogens is 5. The second kappa shape index (κ2) is 9.73. The van der Waals surface area contributed by atoms with E-state index >= 15 is 0 Å². The average Bonchev–Trinajstić information content (AvgIpc) is 3.42. The molecule has 0 radical (unpaired) electrons. The number of thioether (sulfide) groups is 1. The van der Waals surface area contributed by atoms with E-state index in [1.54, 1.807) is 12.1 Å². The molecule has 0 spiro atoms. The van der Waals surface area contributed by atoms with E-state index in [1.165, 1.54) is 23.9 Å². The SMILES string of the molecule is Cc1ccc(NC(=O)CCc2nc(CSc3n[nH]c(-c4cccc(F)c4)n3)no2)c(C)c1. The molecular weight excluding hydrogens is 431 g/mol. The van der Waals surface area contributed by atoms with E-state index in [9.17, 15) is 9.18 Å². The number of rotatable bonds is 8. The van der Waals surface area contributed by atoms with Crippen molar-refractivity contribution in [2.24, 2.45) is 0 Å². The number of carbonyl (C=O) groups excluding carboxylic acids is 1. The number of aromatic amines is 1. The van der Waals surface area contributed by atoms with Crippen LogP contribution in [0.1, 0.15) is 29.3 Å². The van der Waals surface area contributed by atoms with Gasteiger partial charge in [0.05, 0.1) is 5.75 Å². The fourth-order valence-corrected chi connectivity index (χ4v) is 3.68. The van der Waals surface area contributed by atoms with Crippen molar-refractivity contribution in [2.75, 3.05) is 5.32 Å². The number of nitrogens with one attached hydrogen (secondary N) is 2. The molecule has 2 heterocycles. The first kappa shape index (κ1) is 21.7. The van der Waals surface area contributed by atoms with Gasteiger partial charge in [-0.2, -0.15) is 4.98 Å².